The van der Waals surface area contributed by atoms with Crippen molar-refractivity contribution >= 4 is 27.3 Å². The molecule has 3 heterocycles. The maximum atomic E-state index is 13.7. The van der Waals surface area contributed by atoms with Crippen LogP contribution in [0.15, 0.2) is 41.7 Å². The first-order chi connectivity index (χ1) is 16.9. The van der Waals surface area contributed by atoms with Gasteiger partial charge in [-0.1, -0.05) is 0 Å². The molecular formula is C23H25N7O5S. The van der Waals surface area contributed by atoms with E-state index in [4.69, 9.17) is 10.5 Å². The summed E-state index contributed by atoms with van der Waals surface area (Å²) in [6.07, 6.45) is 5.79. The maximum Gasteiger partial charge on any atom is 0.348 e. The summed E-state index contributed by atoms with van der Waals surface area (Å²) in [5.74, 6) is -1.33. The van der Waals surface area contributed by atoms with Crippen LogP contribution in [0.2, 0.25) is 0 Å². The number of anilines is 1. The second-order valence-electron chi connectivity index (χ2n) is 8.39. The lowest BCUT2D eigenvalue weighted by Gasteiger charge is -2.15. The monoisotopic (exact) mass is 511 g/mol. The van der Waals surface area contributed by atoms with Gasteiger partial charge in [-0.15, -0.1) is 0 Å². The summed E-state index contributed by atoms with van der Waals surface area (Å²) in [6.45, 7) is 3.31. The maximum absolute atomic E-state index is 13.7. The lowest BCUT2D eigenvalue weighted by molar-refractivity contribution is 0.0717. The summed E-state index contributed by atoms with van der Waals surface area (Å²) in [6, 6.07) is 4.38. The molecule has 13 heteroatoms. The molecule has 0 saturated heterocycles. The first-order valence-corrected chi connectivity index (χ1v) is 12.7. The van der Waals surface area contributed by atoms with Crippen LogP contribution in [0.3, 0.4) is 0 Å². The first kappa shape index (κ1) is 24.9. The van der Waals surface area contributed by atoms with Crippen LogP contribution in [0.4, 0.5) is 5.69 Å². The molecule has 4 rings (SSSR count). The summed E-state index contributed by atoms with van der Waals surface area (Å²) < 4.78 is 34.7. The highest BCUT2D eigenvalue weighted by atomic mass is 32.2. The highest BCUT2D eigenvalue weighted by molar-refractivity contribution is 7.90. The predicted molar refractivity (Wildman–Crippen MR) is 130 cm³/mol. The third-order valence-corrected chi connectivity index (χ3v) is 6.84. The van der Waals surface area contributed by atoms with E-state index in [1.54, 1.807) is 46.4 Å². The van der Waals surface area contributed by atoms with E-state index in [-0.39, 0.29) is 45.3 Å². The summed E-state index contributed by atoms with van der Waals surface area (Å²) in [7, 11) is -0.433. The summed E-state index contributed by atoms with van der Waals surface area (Å²) >= 11 is 0. The molecule has 0 saturated carbocycles. The Bertz CT molecular complexity index is 1600. The Labute approximate surface area is 207 Å². The third kappa shape index (κ3) is 4.52. The molecule has 4 aromatic rings. The summed E-state index contributed by atoms with van der Waals surface area (Å²) in [5, 5.41) is 12.5. The molecule has 188 valence electrons. The lowest BCUT2D eigenvalue weighted by atomic mass is 9.98. The number of ketones is 1. The van der Waals surface area contributed by atoms with E-state index in [1.165, 1.54) is 32.4 Å². The summed E-state index contributed by atoms with van der Waals surface area (Å²) in [4.78, 5) is 26.6. The van der Waals surface area contributed by atoms with Gasteiger partial charge in [0.25, 0.3) is 0 Å². The van der Waals surface area contributed by atoms with Crippen LogP contribution in [0, 0.1) is 13.8 Å². The molecule has 0 unspecified atom stereocenters. The fourth-order valence-electron chi connectivity index (χ4n) is 4.00. The van der Waals surface area contributed by atoms with E-state index < -0.39 is 21.6 Å². The van der Waals surface area contributed by atoms with Crippen LogP contribution < -0.4 is 10.5 Å². The Balaban J connectivity index is 1.79. The second kappa shape index (κ2) is 9.07. The Kier molecular flexibility index (Phi) is 6.26. The smallest absolute Gasteiger partial charge is 0.348 e. The van der Waals surface area contributed by atoms with Crippen LogP contribution in [0.5, 0.6) is 5.88 Å². The number of hydrogen-bond acceptors (Lipinski definition) is 9. The molecule has 36 heavy (non-hydrogen) atoms. The minimum Gasteiger partial charge on any atom is -0.403 e. The van der Waals surface area contributed by atoms with Crippen molar-refractivity contribution in [1.29, 1.82) is 0 Å². The van der Waals surface area contributed by atoms with Crippen LogP contribution in [0.25, 0.3) is 0 Å². The SMILES string of the molecule is Cc1nn(C)cc1C(=O)Oc1c(C(=O)c2ccc(S(C)(=O)=O)c(Cn3cccn3)c2N)c(C)nn1C. The van der Waals surface area contributed by atoms with Gasteiger partial charge < -0.3 is 10.5 Å². The normalized spacial score (nSPS) is 11.6. The molecule has 0 fully saturated rings. The van der Waals surface area contributed by atoms with Gasteiger partial charge in [0.05, 0.1) is 22.8 Å². The van der Waals surface area contributed by atoms with Gasteiger partial charge in [-0.3, -0.25) is 14.2 Å². The number of benzene rings is 1. The molecular weight excluding hydrogens is 486 g/mol. The Morgan fingerprint density at radius 3 is 2.39 bits per heavy atom. The number of carbonyl (C=O) groups excluding carboxylic acids is 2. The van der Waals surface area contributed by atoms with Gasteiger partial charge in [0.1, 0.15) is 11.1 Å². The van der Waals surface area contributed by atoms with E-state index in [2.05, 4.69) is 15.3 Å². The highest BCUT2D eigenvalue weighted by Crippen LogP contribution is 2.32. The van der Waals surface area contributed by atoms with Crippen molar-refractivity contribution in [2.24, 2.45) is 14.1 Å². The Morgan fingerprint density at radius 1 is 1.08 bits per heavy atom. The van der Waals surface area contributed by atoms with Gasteiger partial charge in [-0.25, -0.2) is 17.9 Å². The Morgan fingerprint density at radius 2 is 1.81 bits per heavy atom. The number of nitrogens with zero attached hydrogens (tertiary/aromatic N) is 6. The van der Waals surface area contributed by atoms with Crippen molar-refractivity contribution in [3.63, 3.8) is 0 Å². The predicted octanol–water partition coefficient (Wildman–Crippen LogP) is 1.45. The van der Waals surface area contributed by atoms with E-state index in [0.29, 0.717) is 11.4 Å². The second-order valence-corrected chi connectivity index (χ2v) is 10.4. The number of ether oxygens (including phenoxy) is 1. The van der Waals surface area contributed by atoms with E-state index >= 15 is 0 Å². The van der Waals surface area contributed by atoms with Crippen molar-refractivity contribution in [3.05, 3.63) is 70.4 Å². The van der Waals surface area contributed by atoms with Gasteiger partial charge in [0.2, 0.25) is 11.7 Å². The average molecular weight is 512 g/mol. The number of sulfone groups is 1. The third-order valence-electron chi connectivity index (χ3n) is 5.66. The molecule has 3 aromatic heterocycles. The molecule has 0 spiro atoms. The number of carbonyl (C=O) groups is 2. The van der Waals surface area contributed by atoms with Gasteiger partial charge in [0, 0.05) is 55.8 Å². The number of nitrogens with two attached hydrogens (primary N) is 1. The first-order valence-electron chi connectivity index (χ1n) is 10.8. The van der Waals surface area contributed by atoms with Gasteiger partial charge in [-0.2, -0.15) is 15.3 Å². The molecule has 0 amide bonds. The molecule has 0 bridgehead atoms. The Hall–Kier alpha value is -4.26. The highest BCUT2D eigenvalue weighted by Gasteiger charge is 2.29. The van der Waals surface area contributed by atoms with Crippen molar-refractivity contribution in [3.8, 4) is 5.88 Å². The molecule has 0 atom stereocenters. The number of nitrogen functional groups attached to an aromatic ring is 1. The largest absolute Gasteiger partial charge is 0.403 e. The zero-order chi connectivity index (χ0) is 26.4. The van der Waals surface area contributed by atoms with Gasteiger partial charge >= 0.3 is 5.97 Å². The zero-order valence-corrected chi connectivity index (χ0v) is 21.2. The zero-order valence-electron chi connectivity index (χ0n) is 20.4. The van der Waals surface area contributed by atoms with E-state index in [0.717, 1.165) is 6.26 Å². The molecule has 0 aliphatic rings. The molecule has 0 radical (unpaired) electrons. The van der Waals surface area contributed by atoms with Crippen molar-refractivity contribution in [1.82, 2.24) is 29.3 Å². The van der Waals surface area contributed by atoms with E-state index in [1.807, 2.05) is 0 Å². The van der Waals surface area contributed by atoms with Crippen LogP contribution in [0.1, 0.15) is 43.2 Å². The van der Waals surface area contributed by atoms with E-state index in [9.17, 15) is 18.0 Å². The number of esters is 1. The number of aryl methyl sites for hydroxylation is 4. The van der Waals surface area contributed by atoms with Crippen molar-refractivity contribution in [2.45, 2.75) is 25.3 Å². The number of rotatable bonds is 7. The van der Waals surface area contributed by atoms with Crippen molar-refractivity contribution in [2.75, 3.05) is 12.0 Å². The average Bonchev–Trinajstić information content (AvgIpc) is 3.48. The molecule has 2 N–H and O–H groups in total. The van der Waals surface area contributed by atoms with Gasteiger partial charge in [0.15, 0.2) is 9.84 Å². The number of aromatic nitrogens is 6. The fourth-order valence-corrected chi connectivity index (χ4v) is 4.94. The summed E-state index contributed by atoms with van der Waals surface area (Å²) in [5.41, 5.74) is 7.72. The van der Waals surface area contributed by atoms with Crippen molar-refractivity contribution < 1.29 is 22.7 Å². The number of hydrogen-bond donors (Lipinski definition) is 1. The molecule has 0 aliphatic heterocycles. The van der Waals surface area contributed by atoms with Crippen LogP contribution in [-0.4, -0.2) is 55.8 Å². The minimum absolute atomic E-state index is 0.00587. The molecule has 0 aliphatic carbocycles. The quantitative estimate of drug-likeness (QED) is 0.220. The molecule has 12 nitrogen and oxygen atoms in total. The van der Waals surface area contributed by atoms with Crippen LogP contribution >= 0.6 is 0 Å². The minimum atomic E-state index is -3.65. The van der Waals surface area contributed by atoms with Gasteiger partial charge in [-0.05, 0) is 32.0 Å². The standard InChI is InChI=1S/C23H25N7O5S/c1-13-16(11-28(3)26-13)23(32)35-22-19(14(2)27-29(22)4)21(31)15-7-8-18(36(5,33)34)17(20(15)24)12-30-10-6-9-25-30/h6-11H,12,24H2,1-5H3. The molecule has 1 aromatic carbocycles. The lowest BCUT2D eigenvalue weighted by Crippen LogP contribution is -2.17. The fraction of sp³-hybridized carbons (Fsp3) is 0.261. The topological polar surface area (TPSA) is 157 Å². The van der Waals surface area contributed by atoms with Crippen LogP contribution in [-0.2, 0) is 30.5 Å².